The van der Waals surface area contributed by atoms with E-state index < -0.39 is 4.92 Å². The number of rotatable bonds is 5. The van der Waals surface area contributed by atoms with E-state index in [2.05, 4.69) is 25.5 Å². The number of nitrogens with one attached hydrogen (secondary N) is 2. The van der Waals surface area contributed by atoms with E-state index >= 15 is 0 Å². The van der Waals surface area contributed by atoms with Gasteiger partial charge in [0.2, 0.25) is 0 Å². The number of aromatic nitrogens is 4. The van der Waals surface area contributed by atoms with Gasteiger partial charge in [0.15, 0.2) is 5.82 Å². The lowest BCUT2D eigenvalue weighted by Gasteiger charge is -2.08. The largest absolute Gasteiger partial charge is 0.338 e. The van der Waals surface area contributed by atoms with Crippen molar-refractivity contribution < 1.29 is 4.92 Å². The maximum absolute atomic E-state index is 10.7. The van der Waals surface area contributed by atoms with Gasteiger partial charge in [0.05, 0.1) is 16.8 Å². The first-order valence-electron chi connectivity index (χ1n) is 7.04. The summed E-state index contributed by atoms with van der Waals surface area (Å²) in [6.07, 6.45) is 4.13. The summed E-state index contributed by atoms with van der Waals surface area (Å²) in [5.74, 6) is 1.16. The number of aromatic amines is 1. The van der Waals surface area contributed by atoms with Crippen LogP contribution in [-0.4, -0.2) is 25.1 Å². The van der Waals surface area contributed by atoms with Crippen LogP contribution in [0.5, 0.6) is 0 Å². The lowest BCUT2D eigenvalue weighted by Crippen LogP contribution is -2.00. The quantitative estimate of drug-likeness (QED) is 0.553. The van der Waals surface area contributed by atoms with Gasteiger partial charge in [-0.05, 0) is 18.6 Å². The molecule has 1 aromatic carbocycles. The molecule has 23 heavy (non-hydrogen) atoms. The summed E-state index contributed by atoms with van der Waals surface area (Å²) in [7, 11) is 0. The van der Waals surface area contributed by atoms with Crippen molar-refractivity contribution in [2.75, 3.05) is 5.32 Å². The number of H-pyrrole nitrogens is 1. The van der Waals surface area contributed by atoms with Gasteiger partial charge in [0, 0.05) is 35.7 Å². The number of non-ortho nitro benzene ring substituents is 1. The van der Waals surface area contributed by atoms with Crippen molar-refractivity contribution in [3.05, 3.63) is 58.5 Å². The Balaban J connectivity index is 1.96. The highest BCUT2D eigenvalue weighted by atomic mass is 16.6. The molecule has 3 rings (SSSR count). The summed E-state index contributed by atoms with van der Waals surface area (Å²) in [5, 5.41) is 20.5. The Labute approximate surface area is 131 Å². The molecule has 0 unspecified atom stereocenters. The van der Waals surface area contributed by atoms with Gasteiger partial charge in [0.1, 0.15) is 5.82 Å². The van der Waals surface area contributed by atoms with Crippen LogP contribution in [0.15, 0.2) is 42.7 Å². The van der Waals surface area contributed by atoms with Crippen LogP contribution in [0.25, 0.3) is 11.4 Å². The lowest BCUT2D eigenvalue weighted by atomic mass is 10.2. The van der Waals surface area contributed by atoms with Gasteiger partial charge in [-0.25, -0.2) is 9.97 Å². The van der Waals surface area contributed by atoms with Crippen LogP contribution in [0, 0.1) is 10.1 Å². The number of benzene rings is 1. The zero-order chi connectivity index (χ0) is 16.2. The predicted octanol–water partition coefficient (Wildman–Crippen LogP) is 3.08. The number of nitro benzene ring substituents is 1. The summed E-state index contributed by atoms with van der Waals surface area (Å²) >= 11 is 0. The number of nitro groups is 1. The number of aryl methyl sites for hydroxylation is 1. The van der Waals surface area contributed by atoms with Crippen LogP contribution in [0.1, 0.15) is 12.6 Å². The van der Waals surface area contributed by atoms with E-state index in [9.17, 15) is 10.1 Å². The van der Waals surface area contributed by atoms with E-state index in [0.717, 1.165) is 23.4 Å². The van der Waals surface area contributed by atoms with Crippen LogP contribution in [0.4, 0.5) is 17.2 Å². The van der Waals surface area contributed by atoms with Gasteiger partial charge in [-0.15, -0.1) is 0 Å². The minimum atomic E-state index is -0.432. The topological polar surface area (TPSA) is 110 Å². The van der Waals surface area contributed by atoms with Crippen LogP contribution in [0.3, 0.4) is 0 Å². The van der Waals surface area contributed by atoms with Gasteiger partial charge < -0.3 is 5.32 Å². The first-order valence-corrected chi connectivity index (χ1v) is 7.04. The van der Waals surface area contributed by atoms with Crippen LogP contribution < -0.4 is 5.32 Å². The molecule has 3 aromatic rings. The molecule has 0 aliphatic rings. The van der Waals surface area contributed by atoms with E-state index in [1.54, 1.807) is 24.5 Å². The van der Waals surface area contributed by atoms with Crippen LogP contribution >= 0.6 is 0 Å². The second kappa shape index (κ2) is 6.22. The Morgan fingerprint density at radius 3 is 2.65 bits per heavy atom. The van der Waals surface area contributed by atoms with Crippen molar-refractivity contribution in [3.8, 4) is 11.4 Å². The molecule has 8 nitrogen and oxygen atoms in total. The minimum absolute atomic E-state index is 0.0390. The molecule has 0 fully saturated rings. The zero-order valence-corrected chi connectivity index (χ0v) is 12.4. The summed E-state index contributed by atoms with van der Waals surface area (Å²) < 4.78 is 0. The molecular formula is C15H14N6O2. The van der Waals surface area contributed by atoms with E-state index in [-0.39, 0.29) is 5.69 Å². The highest BCUT2D eigenvalue weighted by Crippen LogP contribution is 2.22. The Morgan fingerprint density at radius 1 is 1.26 bits per heavy atom. The fourth-order valence-corrected chi connectivity index (χ4v) is 2.07. The molecule has 0 spiro atoms. The molecule has 2 aromatic heterocycles. The third-order valence-corrected chi connectivity index (χ3v) is 3.25. The van der Waals surface area contributed by atoms with Gasteiger partial charge in [0.25, 0.3) is 5.69 Å². The average Bonchev–Trinajstić information content (AvgIpc) is 3.07. The minimum Gasteiger partial charge on any atom is -0.338 e. The zero-order valence-electron chi connectivity index (χ0n) is 12.4. The third-order valence-electron chi connectivity index (χ3n) is 3.25. The maximum Gasteiger partial charge on any atom is 0.269 e. The van der Waals surface area contributed by atoms with E-state index in [0.29, 0.717) is 11.6 Å². The smallest absolute Gasteiger partial charge is 0.269 e. The van der Waals surface area contributed by atoms with E-state index in [1.807, 2.05) is 13.0 Å². The monoisotopic (exact) mass is 310 g/mol. The van der Waals surface area contributed by atoms with Crippen molar-refractivity contribution in [1.82, 2.24) is 20.2 Å². The van der Waals surface area contributed by atoms with Gasteiger partial charge >= 0.3 is 0 Å². The molecule has 0 saturated carbocycles. The molecule has 8 heteroatoms. The van der Waals surface area contributed by atoms with Crippen molar-refractivity contribution in [3.63, 3.8) is 0 Å². The molecule has 2 heterocycles. The lowest BCUT2D eigenvalue weighted by molar-refractivity contribution is -0.384. The van der Waals surface area contributed by atoms with E-state index in [4.69, 9.17) is 0 Å². The molecule has 2 N–H and O–H groups in total. The van der Waals surface area contributed by atoms with Gasteiger partial charge in [-0.2, -0.15) is 5.10 Å². The fourth-order valence-electron chi connectivity index (χ4n) is 2.07. The molecule has 0 bridgehead atoms. The number of nitrogens with zero attached hydrogens (tertiary/aromatic N) is 4. The summed E-state index contributed by atoms with van der Waals surface area (Å²) in [5.41, 5.74) is 2.43. The van der Waals surface area contributed by atoms with E-state index in [1.165, 1.54) is 12.1 Å². The van der Waals surface area contributed by atoms with Crippen LogP contribution in [-0.2, 0) is 6.42 Å². The molecule has 0 atom stereocenters. The standard InChI is InChI=1S/C15H14N6O2/c1-2-11-7-14(18-12-8-16-17-9-12)20-15(19-11)10-3-5-13(6-4-10)21(22)23/h3-9H,2H2,1H3,(H,16,17)(H,18,19,20). The Kier molecular flexibility index (Phi) is 3.96. The van der Waals surface area contributed by atoms with Crippen molar-refractivity contribution >= 4 is 17.2 Å². The van der Waals surface area contributed by atoms with Gasteiger partial charge in [-0.1, -0.05) is 6.92 Å². The maximum atomic E-state index is 10.7. The van der Waals surface area contributed by atoms with Gasteiger partial charge in [-0.3, -0.25) is 15.2 Å². The first-order chi connectivity index (χ1) is 11.2. The first kappa shape index (κ1) is 14.6. The SMILES string of the molecule is CCc1cc(Nc2cn[nH]c2)nc(-c2ccc([N+](=O)[O-])cc2)n1. The molecule has 116 valence electrons. The summed E-state index contributed by atoms with van der Waals surface area (Å²) in [6.45, 7) is 2.00. The highest BCUT2D eigenvalue weighted by molar-refractivity contribution is 5.62. The summed E-state index contributed by atoms with van der Waals surface area (Å²) in [4.78, 5) is 19.3. The Morgan fingerprint density at radius 2 is 2.04 bits per heavy atom. The number of anilines is 2. The molecule has 0 saturated heterocycles. The predicted molar refractivity (Wildman–Crippen MR) is 85.4 cm³/mol. The van der Waals surface area contributed by atoms with Crippen molar-refractivity contribution in [1.29, 1.82) is 0 Å². The summed E-state index contributed by atoms with van der Waals surface area (Å²) in [6, 6.07) is 8.05. The number of hydrogen-bond donors (Lipinski definition) is 2. The second-order valence-corrected chi connectivity index (χ2v) is 4.84. The van der Waals surface area contributed by atoms with Crippen LogP contribution in [0.2, 0.25) is 0 Å². The molecule has 0 amide bonds. The van der Waals surface area contributed by atoms with Crippen molar-refractivity contribution in [2.45, 2.75) is 13.3 Å². The molecule has 0 aliphatic carbocycles. The number of hydrogen-bond acceptors (Lipinski definition) is 6. The Bertz CT molecular complexity index is 814. The Hall–Kier alpha value is -3.29. The van der Waals surface area contributed by atoms with Crippen molar-refractivity contribution in [2.24, 2.45) is 0 Å². The third kappa shape index (κ3) is 3.31. The highest BCUT2D eigenvalue weighted by Gasteiger charge is 2.10. The second-order valence-electron chi connectivity index (χ2n) is 4.84. The molecule has 0 radical (unpaired) electrons. The average molecular weight is 310 g/mol. The molecular weight excluding hydrogens is 296 g/mol. The fraction of sp³-hybridized carbons (Fsp3) is 0.133. The molecule has 0 aliphatic heterocycles. The normalized spacial score (nSPS) is 10.5.